The van der Waals surface area contributed by atoms with Crippen molar-refractivity contribution in [3.05, 3.63) is 41.3 Å². The molecule has 18 heavy (non-hydrogen) atoms. The molecule has 1 aliphatic heterocycles. The van der Waals surface area contributed by atoms with Gasteiger partial charge in [0.15, 0.2) is 0 Å². The molecule has 0 amide bonds. The predicted octanol–water partition coefficient (Wildman–Crippen LogP) is 3.03. The van der Waals surface area contributed by atoms with Crippen molar-refractivity contribution in [1.82, 2.24) is 10.2 Å². The van der Waals surface area contributed by atoms with Crippen molar-refractivity contribution >= 4 is 6.01 Å². The van der Waals surface area contributed by atoms with Crippen LogP contribution in [0.25, 0.3) is 0 Å². The summed E-state index contributed by atoms with van der Waals surface area (Å²) >= 11 is 0. The third-order valence-corrected chi connectivity index (χ3v) is 3.56. The Hall–Kier alpha value is -1.84. The van der Waals surface area contributed by atoms with E-state index < -0.39 is 0 Å². The first kappa shape index (κ1) is 11.3. The molecular formula is C14H17N3O. The van der Waals surface area contributed by atoms with Gasteiger partial charge in [-0.15, -0.1) is 5.10 Å². The number of rotatable bonds is 2. The van der Waals surface area contributed by atoms with E-state index in [1.54, 1.807) is 0 Å². The monoisotopic (exact) mass is 243 g/mol. The summed E-state index contributed by atoms with van der Waals surface area (Å²) in [5.74, 6) is 0.625. The lowest BCUT2D eigenvalue weighted by Crippen LogP contribution is -2.23. The van der Waals surface area contributed by atoms with Crippen LogP contribution in [-0.2, 0) is 0 Å². The molecule has 0 unspecified atom stereocenters. The van der Waals surface area contributed by atoms with E-state index in [0.29, 0.717) is 17.9 Å². The van der Waals surface area contributed by atoms with Gasteiger partial charge in [-0.05, 0) is 30.9 Å². The molecule has 1 aliphatic rings. The van der Waals surface area contributed by atoms with Gasteiger partial charge in [0.05, 0.1) is 6.04 Å². The highest BCUT2D eigenvalue weighted by atomic mass is 16.4. The lowest BCUT2D eigenvalue weighted by molar-refractivity contribution is 0.498. The molecule has 0 spiro atoms. The molecule has 0 radical (unpaired) electrons. The van der Waals surface area contributed by atoms with Crippen LogP contribution in [0.1, 0.15) is 35.9 Å². The Bertz CT molecular complexity index is 549. The van der Waals surface area contributed by atoms with E-state index in [-0.39, 0.29) is 0 Å². The molecule has 0 aliphatic carbocycles. The number of hydrogen-bond acceptors (Lipinski definition) is 4. The Balaban J connectivity index is 1.94. The second-order valence-electron chi connectivity index (χ2n) is 4.81. The van der Waals surface area contributed by atoms with Gasteiger partial charge in [0.2, 0.25) is 5.89 Å². The van der Waals surface area contributed by atoms with Gasteiger partial charge in [-0.25, -0.2) is 0 Å². The van der Waals surface area contributed by atoms with Gasteiger partial charge in [-0.2, -0.15) is 0 Å². The van der Waals surface area contributed by atoms with Gasteiger partial charge in [0, 0.05) is 13.5 Å². The smallest absolute Gasteiger partial charge is 0.318 e. The summed E-state index contributed by atoms with van der Waals surface area (Å²) in [6.07, 6.45) is 2.31. The molecule has 1 saturated heterocycles. The molecule has 1 aromatic heterocycles. The fraction of sp³-hybridized carbons (Fsp3) is 0.429. The minimum atomic E-state index is 0.367. The van der Waals surface area contributed by atoms with E-state index in [0.717, 1.165) is 13.0 Å². The van der Waals surface area contributed by atoms with Crippen LogP contribution < -0.4 is 4.90 Å². The number of anilines is 1. The maximum atomic E-state index is 5.56. The van der Waals surface area contributed by atoms with Crippen molar-refractivity contribution in [2.24, 2.45) is 0 Å². The number of aromatic nitrogens is 2. The third-order valence-electron chi connectivity index (χ3n) is 3.56. The summed E-state index contributed by atoms with van der Waals surface area (Å²) < 4.78 is 5.56. The van der Waals surface area contributed by atoms with E-state index in [2.05, 4.69) is 46.3 Å². The zero-order valence-electron chi connectivity index (χ0n) is 10.8. The van der Waals surface area contributed by atoms with Crippen LogP contribution in [0.3, 0.4) is 0 Å². The Morgan fingerprint density at radius 1 is 1.22 bits per heavy atom. The SMILES string of the molecule is Cc1nnc(N2CCC[C@H]2c2ccccc2C)o1. The van der Waals surface area contributed by atoms with Crippen LogP contribution in [0.15, 0.2) is 28.7 Å². The predicted molar refractivity (Wildman–Crippen MR) is 69.5 cm³/mol. The molecule has 1 fully saturated rings. The molecule has 4 heteroatoms. The average molecular weight is 243 g/mol. The molecule has 1 aromatic carbocycles. The number of aryl methyl sites for hydroxylation is 2. The van der Waals surface area contributed by atoms with Crippen LogP contribution in [0.5, 0.6) is 0 Å². The zero-order valence-corrected chi connectivity index (χ0v) is 10.8. The van der Waals surface area contributed by atoms with Gasteiger partial charge in [-0.3, -0.25) is 0 Å². The van der Waals surface area contributed by atoms with Crippen molar-refractivity contribution in [2.45, 2.75) is 32.7 Å². The summed E-state index contributed by atoms with van der Waals surface area (Å²) in [5.41, 5.74) is 2.69. The molecule has 2 aromatic rings. The van der Waals surface area contributed by atoms with Crippen molar-refractivity contribution in [3.8, 4) is 0 Å². The Morgan fingerprint density at radius 3 is 2.78 bits per heavy atom. The van der Waals surface area contributed by atoms with E-state index in [1.165, 1.54) is 17.5 Å². The van der Waals surface area contributed by atoms with Crippen molar-refractivity contribution in [3.63, 3.8) is 0 Å². The quantitative estimate of drug-likeness (QED) is 0.813. The topological polar surface area (TPSA) is 42.2 Å². The lowest BCUT2D eigenvalue weighted by Gasteiger charge is -2.24. The Morgan fingerprint density at radius 2 is 2.06 bits per heavy atom. The second-order valence-corrected chi connectivity index (χ2v) is 4.81. The minimum Gasteiger partial charge on any atom is -0.408 e. The summed E-state index contributed by atoms with van der Waals surface area (Å²) in [4.78, 5) is 2.22. The van der Waals surface area contributed by atoms with Gasteiger partial charge in [-0.1, -0.05) is 29.4 Å². The molecule has 2 heterocycles. The van der Waals surface area contributed by atoms with Crippen LogP contribution in [-0.4, -0.2) is 16.7 Å². The molecule has 4 nitrogen and oxygen atoms in total. The Kier molecular flexibility index (Phi) is 2.78. The summed E-state index contributed by atoms with van der Waals surface area (Å²) in [6.45, 7) is 4.97. The number of benzene rings is 1. The molecule has 3 rings (SSSR count). The van der Waals surface area contributed by atoms with Gasteiger partial charge < -0.3 is 9.32 Å². The largest absolute Gasteiger partial charge is 0.408 e. The van der Waals surface area contributed by atoms with Crippen LogP contribution in [0, 0.1) is 13.8 Å². The average Bonchev–Trinajstić information content (AvgIpc) is 2.98. The maximum absolute atomic E-state index is 5.56. The zero-order chi connectivity index (χ0) is 12.5. The van der Waals surface area contributed by atoms with E-state index >= 15 is 0 Å². The molecule has 0 saturated carbocycles. The highest BCUT2D eigenvalue weighted by Crippen LogP contribution is 2.36. The molecule has 0 bridgehead atoms. The Labute approximate surface area is 107 Å². The molecular weight excluding hydrogens is 226 g/mol. The van der Waals surface area contributed by atoms with Gasteiger partial charge in [0.25, 0.3) is 0 Å². The van der Waals surface area contributed by atoms with Crippen LogP contribution in [0.2, 0.25) is 0 Å². The second kappa shape index (κ2) is 4.44. The van der Waals surface area contributed by atoms with Gasteiger partial charge >= 0.3 is 6.01 Å². The van der Waals surface area contributed by atoms with Crippen molar-refractivity contribution in [2.75, 3.05) is 11.4 Å². The first-order chi connectivity index (χ1) is 8.75. The third kappa shape index (κ3) is 1.88. The number of hydrogen-bond donors (Lipinski definition) is 0. The number of nitrogens with zero attached hydrogens (tertiary/aromatic N) is 3. The first-order valence-electron chi connectivity index (χ1n) is 6.38. The summed E-state index contributed by atoms with van der Waals surface area (Å²) in [5, 5.41) is 8.07. The van der Waals surface area contributed by atoms with Gasteiger partial charge in [0.1, 0.15) is 0 Å². The summed E-state index contributed by atoms with van der Waals surface area (Å²) in [6, 6.07) is 9.54. The molecule has 94 valence electrons. The van der Waals surface area contributed by atoms with Crippen molar-refractivity contribution in [1.29, 1.82) is 0 Å². The fourth-order valence-electron chi connectivity index (χ4n) is 2.68. The fourth-order valence-corrected chi connectivity index (χ4v) is 2.68. The first-order valence-corrected chi connectivity index (χ1v) is 6.38. The standard InChI is InChI=1S/C14H17N3O/c1-10-6-3-4-7-12(10)13-8-5-9-17(13)14-16-15-11(2)18-14/h3-4,6-7,13H,5,8-9H2,1-2H3/t13-/m0/s1. The van der Waals surface area contributed by atoms with E-state index in [1.807, 2.05) is 6.92 Å². The van der Waals surface area contributed by atoms with Crippen LogP contribution >= 0.6 is 0 Å². The minimum absolute atomic E-state index is 0.367. The highest BCUT2D eigenvalue weighted by Gasteiger charge is 2.30. The van der Waals surface area contributed by atoms with E-state index in [9.17, 15) is 0 Å². The summed E-state index contributed by atoms with van der Waals surface area (Å²) in [7, 11) is 0. The van der Waals surface area contributed by atoms with Crippen LogP contribution in [0.4, 0.5) is 6.01 Å². The molecule has 1 atom stereocenters. The van der Waals surface area contributed by atoms with E-state index in [4.69, 9.17) is 4.42 Å². The normalized spacial score (nSPS) is 19.4. The maximum Gasteiger partial charge on any atom is 0.318 e. The molecule has 0 N–H and O–H groups in total. The lowest BCUT2D eigenvalue weighted by atomic mass is 10.00. The van der Waals surface area contributed by atoms with Crippen molar-refractivity contribution < 1.29 is 4.42 Å². The highest BCUT2D eigenvalue weighted by molar-refractivity contribution is 5.39.